The Morgan fingerprint density at radius 2 is 1.76 bits per heavy atom. The molecule has 2 aromatic carbocycles. The van der Waals surface area contributed by atoms with E-state index in [1.165, 1.54) is 12.0 Å². The van der Waals surface area contributed by atoms with Crippen LogP contribution in [-0.2, 0) is 19.1 Å². The van der Waals surface area contributed by atoms with E-state index in [2.05, 4.69) is 0 Å². The quantitative estimate of drug-likeness (QED) is 0.289. The van der Waals surface area contributed by atoms with Gasteiger partial charge in [0.1, 0.15) is 11.5 Å². The number of rotatable bonds is 7. The number of carbonyl (C=O) groups excluding carboxylic acids is 3. The van der Waals surface area contributed by atoms with Crippen molar-refractivity contribution in [2.24, 2.45) is 0 Å². The van der Waals surface area contributed by atoms with Crippen LogP contribution < -0.4 is 4.74 Å². The third-order valence-corrected chi connectivity index (χ3v) is 6.05. The van der Waals surface area contributed by atoms with E-state index in [1.54, 1.807) is 48.5 Å². The van der Waals surface area contributed by atoms with Crippen molar-refractivity contribution in [3.8, 4) is 5.75 Å². The van der Waals surface area contributed by atoms with Gasteiger partial charge >= 0.3 is 5.97 Å². The lowest BCUT2D eigenvalue weighted by atomic mass is 9.94. The fourth-order valence-electron chi connectivity index (χ4n) is 4.37. The predicted molar refractivity (Wildman–Crippen MR) is 123 cm³/mol. The van der Waals surface area contributed by atoms with E-state index in [-0.39, 0.29) is 24.0 Å². The second-order valence-electron chi connectivity index (χ2n) is 8.16. The number of hydrogen-bond acceptors (Lipinski definition) is 7. The second kappa shape index (κ2) is 10.1. The number of ketones is 1. The van der Waals surface area contributed by atoms with Crippen molar-refractivity contribution >= 4 is 23.4 Å². The molecule has 0 aliphatic carbocycles. The highest BCUT2D eigenvalue weighted by molar-refractivity contribution is 6.46. The lowest BCUT2D eigenvalue weighted by Crippen LogP contribution is -2.36. The van der Waals surface area contributed by atoms with E-state index in [9.17, 15) is 19.5 Å². The highest BCUT2D eigenvalue weighted by Gasteiger charge is 2.47. The minimum absolute atomic E-state index is 0.00188. The van der Waals surface area contributed by atoms with E-state index < -0.39 is 23.7 Å². The molecule has 0 aromatic heterocycles. The van der Waals surface area contributed by atoms with Gasteiger partial charge in [-0.25, -0.2) is 4.79 Å². The van der Waals surface area contributed by atoms with E-state index in [0.29, 0.717) is 35.7 Å². The average Bonchev–Trinajstić information content (AvgIpc) is 3.46. The number of Topliss-reactive ketones (excluding diaryl/α,β-unsaturated/α-hetero) is 1. The van der Waals surface area contributed by atoms with Crippen LogP contribution in [0.25, 0.3) is 5.76 Å². The predicted octanol–water partition coefficient (Wildman–Crippen LogP) is 3.47. The van der Waals surface area contributed by atoms with Crippen LogP contribution in [0.5, 0.6) is 5.75 Å². The number of aliphatic hydroxyl groups is 1. The van der Waals surface area contributed by atoms with Crippen molar-refractivity contribution in [3.63, 3.8) is 0 Å². The number of ether oxygens (including phenoxy) is 3. The number of benzene rings is 2. The molecule has 4 rings (SSSR count). The zero-order valence-corrected chi connectivity index (χ0v) is 19.2. The summed E-state index contributed by atoms with van der Waals surface area (Å²) in [5.74, 6) is -1.57. The van der Waals surface area contributed by atoms with Gasteiger partial charge in [-0.1, -0.05) is 12.1 Å². The Hall–Kier alpha value is -3.65. The van der Waals surface area contributed by atoms with Gasteiger partial charge in [0.05, 0.1) is 37.0 Å². The fourth-order valence-corrected chi connectivity index (χ4v) is 4.37. The van der Waals surface area contributed by atoms with Crippen LogP contribution in [0.4, 0.5) is 0 Å². The van der Waals surface area contributed by atoms with Gasteiger partial charge in [0.15, 0.2) is 0 Å². The molecule has 34 heavy (non-hydrogen) atoms. The molecule has 2 saturated heterocycles. The van der Waals surface area contributed by atoms with Crippen LogP contribution in [0.2, 0.25) is 0 Å². The molecular formula is C26H27NO7. The Bertz CT molecular complexity index is 1100. The average molecular weight is 466 g/mol. The summed E-state index contributed by atoms with van der Waals surface area (Å²) in [6, 6.07) is 12.3. The zero-order chi connectivity index (χ0) is 24.2. The molecule has 0 spiro atoms. The third-order valence-electron chi connectivity index (χ3n) is 6.05. The summed E-state index contributed by atoms with van der Waals surface area (Å²) < 4.78 is 15.9. The summed E-state index contributed by atoms with van der Waals surface area (Å²) in [5, 5.41) is 11.2. The SMILES string of the molecule is CCOc1ccc(C(O)=C2C(=O)C(=O)N(C[C@H]3CCCO3)[C@H]2c2ccc(C(=O)OC)cc2)cc1. The Labute approximate surface area is 197 Å². The molecule has 0 unspecified atom stereocenters. The van der Waals surface area contributed by atoms with E-state index in [4.69, 9.17) is 14.2 Å². The van der Waals surface area contributed by atoms with Crippen LogP contribution in [-0.4, -0.2) is 60.6 Å². The van der Waals surface area contributed by atoms with Gasteiger partial charge in [0, 0.05) is 18.7 Å². The first-order chi connectivity index (χ1) is 16.4. The molecule has 0 saturated carbocycles. The largest absolute Gasteiger partial charge is 0.507 e. The lowest BCUT2D eigenvalue weighted by Gasteiger charge is -2.27. The van der Waals surface area contributed by atoms with Crippen LogP contribution in [0.3, 0.4) is 0 Å². The minimum atomic E-state index is -0.817. The number of esters is 1. The smallest absolute Gasteiger partial charge is 0.337 e. The second-order valence-corrected chi connectivity index (χ2v) is 8.16. The number of likely N-dealkylation sites (tertiary alicyclic amines) is 1. The topological polar surface area (TPSA) is 102 Å². The van der Waals surface area contributed by atoms with E-state index >= 15 is 0 Å². The van der Waals surface area contributed by atoms with Gasteiger partial charge in [-0.2, -0.15) is 0 Å². The van der Waals surface area contributed by atoms with E-state index in [1.807, 2.05) is 6.92 Å². The Morgan fingerprint density at radius 3 is 2.35 bits per heavy atom. The summed E-state index contributed by atoms with van der Waals surface area (Å²) in [6.45, 7) is 3.21. The van der Waals surface area contributed by atoms with Gasteiger partial charge in [0.2, 0.25) is 0 Å². The monoisotopic (exact) mass is 465 g/mol. The standard InChI is InChI=1S/C26H27NO7/c1-3-33-19-12-10-17(11-13-19)23(28)21-22(16-6-8-18(9-7-16)26(31)32-2)27(25(30)24(21)29)15-20-5-4-14-34-20/h6-13,20,22,28H,3-5,14-15H2,1-2H3/t20-,22+/m1/s1. The summed E-state index contributed by atoms with van der Waals surface area (Å²) in [7, 11) is 1.30. The van der Waals surface area contributed by atoms with Gasteiger partial charge in [-0.15, -0.1) is 0 Å². The molecule has 2 aromatic rings. The van der Waals surface area contributed by atoms with Crippen LogP contribution in [0.1, 0.15) is 47.3 Å². The Morgan fingerprint density at radius 1 is 1.09 bits per heavy atom. The summed E-state index contributed by atoms with van der Waals surface area (Å²) in [6.07, 6.45) is 1.50. The third kappa shape index (κ3) is 4.54. The fraction of sp³-hybridized carbons (Fsp3) is 0.346. The molecular weight excluding hydrogens is 438 g/mol. The maximum absolute atomic E-state index is 13.1. The molecule has 0 bridgehead atoms. The number of carbonyl (C=O) groups is 3. The first-order valence-electron chi connectivity index (χ1n) is 11.3. The number of methoxy groups -OCH3 is 1. The first kappa shape index (κ1) is 23.5. The zero-order valence-electron chi connectivity index (χ0n) is 19.2. The molecule has 2 heterocycles. The van der Waals surface area contributed by atoms with Crippen molar-refractivity contribution < 1.29 is 33.7 Å². The Balaban J connectivity index is 1.77. The molecule has 2 aliphatic rings. The van der Waals surface area contributed by atoms with Gasteiger partial charge in [-0.3, -0.25) is 9.59 Å². The molecule has 2 aliphatic heterocycles. The first-order valence-corrected chi connectivity index (χ1v) is 11.3. The molecule has 0 radical (unpaired) electrons. The van der Waals surface area contributed by atoms with Gasteiger partial charge in [0.25, 0.3) is 11.7 Å². The molecule has 2 fully saturated rings. The summed E-state index contributed by atoms with van der Waals surface area (Å²) in [4.78, 5) is 39.5. The lowest BCUT2D eigenvalue weighted by molar-refractivity contribution is -0.140. The van der Waals surface area contributed by atoms with Crippen molar-refractivity contribution in [3.05, 3.63) is 70.8 Å². The molecule has 8 heteroatoms. The Kier molecular flexibility index (Phi) is 6.98. The van der Waals surface area contributed by atoms with Crippen LogP contribution in [0, 0.1) is 0 Å². The number of hydrogen-bond donors (Lipinski definition) is 1. The molecule has 1 N–H and O–H groups in total. The molecule has 1 amide bonds. The number of amides is 1. The number of aliphatic hydroxyl groups excluding tert-OH is 1. The normalized spacial score (nSPS) is 21.6. The molecule has 8 nitrogen and oxygen atoms in total. The maximum Gasteiger partial charge on any atom is 0.337 e. The van der Waals surface area contributed by atoms with Gasteiger partial charge in [-0.05, 0) is 61.7 Å². The number of nitrogens with zero attached hydrogens (tertiary/aromatic N) is 1. The minimum Gasteiger partial charge on any atom is -0.507 e. The van der Waals surface area contributed by atoms with Crippen molar-refractivity contribution in [2.75, 3.05) is 26.9 Å². The molecule has 178 valence electrons. The van der Waals surface area contributed by atoms with Crippen LogP contribution in [0.15, 0.2) is 54.1 Å². The van der Waals surface area contributed by atoms with Crippen molar-refractivity contribution in [2.45, 2.75) is 31.9 Å². The van der Waals surface area contributed by atoms with E-state index in [0.717, 1.165) is 12.8 Å². The highest BCUT2D eigenvalue weighted by atomic mass is 16.5. The van der Waals surface area contributed by atoms with Crippen molar-refractivity contribution in [1.82, 2.24) is 4.90 Å². The maximum atomic E-state index is 13.1. The summed E-state index contributed by atoms with van der Waals surface area (Å²) in [5.41, 5.74) is 1.33. The van der Waals surface area contributed by atoms with Gasteiger partial charge < -0.3 is 24.2 Å². The molecule has 2 atom stereocenters. The van der Waals surface area contributed by atoms with Crippen LogP contribution >= 0.6 is 0 Å². The summed E-state index contributed by atoms with van der Waals surface area (Å²) >= 11 is 0. The van der Waals surface area contributed by atoms with Crippen molar-refractivity contribution in [1.29, 1.82) is 0 Å². The highest BCUT2D eigenvalue weighted by Crippen LogP contribution is 2.40.